The average Bonchev–Trinajstić information content (AvgIpc) is 2.53. The number of hydrogen-bond donors (Lipinski definition) is 2. The van der Waals surface area contributed by atoms with Gasteiger partial charge in [0.15, 0.2) is 5.96 Å². The van der Waals surface area contributed by atoms with Crippen LogP contribution in [0.1, 0.15) is 47.0 Å². The fourth-order valence-electron chi connectivity index (χ4n) is 2.76. The molecule has 1 saturated heterocycles. The van der Waals surface area contributed by atoms with E-state index in [1.807, 2.05) is 0 Å². The maximum Gasteiger partial charge on any atom is 0.191 e. The number of unbranched alkanes of at least 4 members (excludes halogenated alkanes) is 1. The largest absolute Gasteiger partial charge is 0.379 e. The minimum absolute atomic E-state index is 0. The zero-order valence-electron chi connectivity index (χ0n) is 16.1. The van der Waals surface area contributed by atoms with Gasteiger partial charge in [-0.1, -0.05) is 33.6 Å². The van der Waals surface area contributed by atoms with Crippen LogP contribution in [0.3, 0.4) is 0 Å². The summed E-state index contributed by atoms with van der Waals surface area (Å²) in [6, 6.07) is 0. The van der Waals surface area contributed by atoms with Gasteiger partial charge in [0.05, 0.1) is 13.2 Å². The van der Waals surface area contributed by atoms with Gasteiger partial charge < -0.3 is 15.4 Å². The molecule has 1 heterocycles. The molecule has 0 saturated carbocycles. The third-order valence-electron chi connectivity index (χ3n) is 4.08. The van der Waals surface area contributed by atoms with Crippen LogP contribution in [0.2, 0.25) is 0 Å². The molecule has 1 aliphatic rings. The second-order valence-electron chi connectivity index (χ2n) is 7.05. The quantitative estimate of drug-likeness (QED) is 0.231. The minimum atomic E-state index is 0. The predicted molar refractivity (Wildman–Crippen MR) is 115 cm³/mol. The second-order valence-corrected chi connectivity index (χ2v) is 7.05. The van der Waals surface area contributed by atoms with Crippen LogP contribution in [0, 0.1) is 11.8 Å². The smallest absolute Gasteiger partial charge is 0.191 e. The Morgan fingerprint density at radius 2 is 1.83 bits per heavy atom. The molecule has 0 amide bonds. The third-order valence-corrected chi connectivity index (χ3v) is 4.08. The Labute approximate surface area is 166 Å². The van der Waals surface area contributed by atoms with Crippen LogP contribution in [-0.4, -0.2) is 63.3 Å². The number of nitrogens with one attached hydrogen (secondary N) is 2. The molecule has 6 heteroatoms. The van der Waals surface area contributed by atoms with Gasteiger partial charge in [-0.3, -0.25) is 9.89 Å². The molecule has 0 bridgehead atoms. The first kappa shape index (κ1) is 23.9. The Kier molecular flexibility index (Phi) is 15.1. The van der Waals surface area contributed by atoms with Crippen molar-refractivity contribution in [1.82, 2.24) is 15.5 Å². The lowest BCUT2D eigenvalue weighted by Gasteiger charge is -2.28. The summed E-state index contributed by atoms with van der Waals surface area (Å²) in [6.07, 6.45) is 3.81. The molecular weight excluding hydrogens is 415 g/mol. The molecule has 144 valence electrons. The highest BCUT2D eigenvalue weighted by Gasteiger charge is 2.13. The van der Waals surface area contributed by atoms with E-state index in [-0.39, 0.29) is 24.0 Å². The Hall–Kier alpha value is -0.0800. The summed E-state index contributed by atoms with van der Waals surface area (Å²) in [5.74, 6) is 2.34. The van der Waals surface area contributed by atoms with Crippen molar-refractivity contribution in [1.29, 1.82) is 0 Å². The monoisotopic (exact) mass is 454 g/mol. The van der Waals surface area contributed by atoms with Crippen LogP contribution in [0.25, 0.3) is 0 Å². The molecule has 1 fully saturated rings. The number of nitrogens with zero attached hydrogens (tertiary/aromatic N) is 2. The Morgan fingerprint density at radius 1 is 1.12 bits per heavy atom. The number of hydrogen-bond acceptors (Lipinski definition) is 3. The molecule has 0 aromatic heterocycles. The van der Waals surface area contributed by atoms with Crippen LogP contribution in [0.15, 0.2) is 4.99 Å². The summed E-state index contributed by atoms with van der Waals surface area (Å²) in [6.45, 7) is 16.7. The minimum Gasteiger partial charge on any atom is -0.379 e. The molecule has 1 aliphatic heterocycles. The van der Waals surface area contributed by atoms with Crippen LogP contribution < -0.4 is 10.6 Å². The molecule has 0 spiro atoms. The molecule has 2 N–H and O–H groups in total. The molecule has 0 aromatic carbocycles. The van der Waals surface area contributed by atoms with Crippen molar-refractivity contribution in [3.8, 4) is 0 Å². The Morgan fingerprint density at radius 3 is 2.46 bits per heavy atom. The molecule has 24 heavy (non-hydrogen) atoms. The topological polar surface area (TPSA) is 48.9 Å². The average molecular weight is 454 g/mol. The van der Waals surface area contributed by atoms with Gasteiger partial charge in [-0.05, 0) is 25.2 Å². The fraction of sp³-hybridized carbons (Fsp3) is 0.944. The molecular formula is C18H39IN4O. The first-order valence-corrected chi connectivity index (χ1v) is 9.44. The van der Waals surface area contributed by atoms with Gasteiger partial charge >= 0.3 is 0 Å². The Bertz CT molecular complexity index is 320. The highest BCUT2D eigenvalue weighted by atomic mass is 127. The van der Waals surface area contributed by atoms with Gasteiger partial charge in [0, 0.05) is 39.3 Å². The molecule has 0 radical (unpaired) electrons. The maximum absolute atomic E-state index is 5.40. The van der Waals surface area contributed by atoms with E-state index >= 15 is 0 Å². The fourth-order valence-corrected chi connectivity index (χ4v) is 2.76. The van der Waals surface area contributed by atoms with Crippen molar-refractivity contribution in [3.63, 3.8) is 0 Å². The lowest BCUT2D eigenvalue weighted by molar-refractivity contribution is 0.0323. The zero-order chi connectivity index (χ0) is 16.9. The number of halogens is 1. The van der Waals surface area contributed by atoms with Gasteiger partial charge in [0.25, 0.3) is 0 Å². The van der Waals surface area contributed by atoms with Crippen LogP contribution in [0.4, 0.5) is 0 Å². The summed E-state index contributed by atoms with van der Waals surface area (Å²) in [7, 11) is 0. The van der Waals surface area contributed by atoms with Crippen LogP contribution in [-0.2, 0) is 4.74 Å². The lowest BCUT2D eigenvalue weighted by atomic mass is 10.1. The van der Waals surface area contributed by atoms with E-state index in [9.17, 15) is 0 Å². The standard InChI is InChI=1S/C18H38N4O.HI/c1-5-19-18(20-9-7-6-8-16(2)3)21-14-17(4)15-22-10-12-23-13-11-22;/h16-17H,5-15H2,1-4H3,(H2,19,20,21);1H. The predicted octanol–water partition coefficient (Wildman–Crippen LogP) is 2.95. The summed E-state index contributed by atoms with van der Waals surface area (Å²) in [4.78, 5) is 7.23. The van der Waals surface area contributed by atoms with Crippen molar-refractivity contribution in [2.24, 2.45) is 16.8 Å². The van der Waals surface area contributed by atoms with Crippen molar-refractivity contribution >= 4 is 29.9 Å². The van der Waals surface area contributed by atoms with Crippen LogP contribution >= 0.6 is 24.0 Å². The van der Waals surface area contributed by atoms with E-state index in [1.165, 1.54) is 19.3 Å². The van der Waals surface area contributed by atoms with E-state index in [0.717, 1.165) is 64.4 Å². The summed E-state index contributed by atoms with van der Waals surface area (Å²) in [5.41, 5.74) is 0. The third kappa shape index (κ3) is 12.3. The number of rotatable bonds is 10. The van der Waals surface area contributed by atoms with Gasteiger partial charge in [-0.25, -0.2) is 0 Å². The number of morpholine rings is 1. The van der Waals surface area contributed by atoms with Gasteiger partial charge in [0.1, 0.15) is 0 Å². The SMILES string of the molecule is CCNC(=NCC(C)CN1CCOCC1)NCCCCC(C)C.I. The van der Waals surface area contributed by atoms with E-state index in [0.29, 0.717) is 5.92 Å². The normalized spacial score (nSPS) is 17.5. The van der Waals surface area contributed by atoms with Crippen molar-refractivity contribution in [3.05, 3.63) is 0 Å². The molecule has 1 unspecified atom stereocenters. The maximum atomic E-state index is 5.40. The number of ether oxygens (including phenoxy) is 1. The molecule has 5 nitrogen and oxygen atoms in total. The highest BCUT2D eigenvalue weighted by Crippen LogP contribution is 2.05. The number of aliphatic imine (C=N–C) groups is 1. The van der Waals surface area contributed by atoms with E-state index in [2.05, 4.69) is 43.2 Å². The van der Waals surface area contributed by atoms with Crippen molar-refractivity contribution in [2.45, 2.75) is 47.0 Å². The molecule has 0 aromatic rings. The summed E-state index contributed by atoms with van der Waals surface area (Å²) < 4.78 is 5.40. The summed E-state index contributed by atoms with van der Waals surface area (Å²) in [5, 5.41) is 6.81. The van der Waals surface area contributed by atoms with E-state index in [1.54, 1.807) is 0 Å². The second kappa shape index (κ2) is 15.2. The Balaban J connectivity index is 0.00000529. The first-order valence-electron chi connectivity index (χ1n) is 9.44. The molecule has 1 atom stereocenters. The van der Waals surface area contributed by atoms with Gasteiger partial charge in [-0.15, -0.1) is 24.0 Å². The first-order chi connectivity index (χ1) is 11.1. The lowest BCUT2D eigenvalue weighted by Crippen LogP contribution is -2.40. The van der Waals surface area contributed by atoms with E-state index < -0.39 is 0 Å². The number of guanidine groups is 1. The molecule has 0 aliphatic carbocycles. The van der Waals surface area contributed by atoms with Crippen molar-refractivity contribution < 1.29 is 4.74 Å². The van der Waals surface area contributed by atoms with Gasteiger partial charge in [-0.2, -0.15) is 0 Å². The van der Waals surface area contributed by atoms with Crippen LogP contribution in [0.5, 0.6) is 0 Å². The van der Waals surface area contributed by atoms with E-state index in [4.69, 9.17) is 9.73 Å². The summed E-state index contributed by atoms with van der Waals surface area (Å²) >= 11 is 0. The highest BCUT2D eigenvalue weighted by molar-refractivity contribution is 14.0. The zero-order valence-corrected chi connectivity index (χ0v) is 18.5. The van der Waals surface area contributed by atoms with Crippen molar-refractivity contribution in [2.75, 3.05) is 52.5 Å². The van der Waals surface area contributed by atoms with Gasteiger partial charge in [0.2, 0.25) is 0 Å². The molecule has 1 rings (SSSR count).